The summed E-state index contributed by atoms with van der Waals surface area (Å²) in [6, 6.07) is 5.98. The van der Waals surface area contributed by atoms with Crippen LogP contribution in [0, 0.1) is 24.7 Å². The number of nitrogens with one attached hydrogen (secondary N) is 1. The molecule has 0 aromatic carbocycles. The van der Waals surface area contributed by atoms with E-state index in [1.165, 1.54) is 5.56 Å². The Morgan fingerprint density at radius 3 is 2.58 bits per heavy atom. The molecule has 5 rings (SSSR count). The van der Waals surface area contributed by atoms with Gasteiger partial charge >= 0.3 is 0 Å². The predicted molar refractivity (Wildman–Crippen MR) is 119 cm³/mol. The number of hydrogen-bond donors (Lipinski definition) is 1. The molecule has 3 aromatic heterocycles. The molecule has 1 saturated heterocycles. The number of fused-ring (bicyclic) bond motifs is 1. The maximum absolute atomic E-state index is 12.1. The SMILES string of the molecule is Cc1ncc(C#Cc2ccc(C3CCOCC3)cn2)c2cc(NC(=O)C3CC3)ncc12. The van der Waals surface area contributed by atoms with Crippen LogP contribution in [0.25, 0.3) is 10.8 Å². The van der Waals surface area contributed by atoms with Crippen molar-refractivity contribution in [2.75, 3.05) is 18.5 Å². The first-order valence-electron chi connectivity index (χ1n) is 10.8. The standard InChI is InChI=1S/C25H24N4O2/c1-16-23-15-28-24(29-25(30)18-2-3-18)12-22(23)20(14-26-16)5-7-21-6-4-19(13-27-21)17-8-10-31-11-9-17/h4,6,12-15,17-18H,2-3,8-11H2,1H3,(H,28,29,30). The van der Waals surface area contributed by atoms with Gasteiger partial charge in [0, 0.05) is 54.2 Å². The molecule has 6 heteroatoms. The Balaban J connectivity index is 1.41. The van der Waals surface area contributed by atoms with Gasteiger partial charge < -0.3 is 10.1 Å². The van der Waals surface area contributed by atoms with Gasteiger partial charge in [-0.05, 0) is 62.1 Å². The zero-order valence-corrected chi connectivity index (χ0v) is 17.5. The van der Waals surface area contributed by atoms with Crippen LogP contribution < -0.4 is 5.32 Å². The molecule has 31 heavy (non-hydrogen) atoms. The summed E-state index contributed by atoms with van der Waals surface area (Å²) in [4.78, 5) is 25.5. The Labute approximate surface area is 181 Å². The van der Waals surface area contributed by atoms with Crippen LogP contribution in [-0.4, -0.2) is 34.1 Å². The van der Waals surface area contributed by atoms with E-state index in [-0.39, 0.29) is 11.8 Å². The fourth-order valence-electron chi connectivity index (χ4n) is 3.89. The molecule has 2 fully saturated rings. The first-order valence-corrected chi connectivity index (χ1v) is 10.8. The van der Waals surface area contributed by atoms with Crippen LogP contribution in [0.15, 0.2) is 36.8 Å². The lowest BCUT2D eigenvalue weighted by Crippen LogP contribution is -2.14. The Kier molecular flexibility index (Phi) is 5.35. The number of carbonyl (C=O) groups excluding carboxylic acids is 1. The summed E-state index contributed by atoms with van der Waals surface area (Å²) >= 11 is 0. The third-order valence-corrected chi connectivity index (χ3v) is 5.97. The van der Waals surface area contributed by atoms with E-state index in [2.05, 4.69) is 38.2 Å². The normalized spacial score (nSPS) is 16.5. The molecule has 0 unspecified atom stereocenters. The van der Waals surface area contributed by atoms with Crippen molar-refractivity contribution in [2.24, 2.45) is 5.92 Å². The molecule has 156 valence electrons. The topological polar surface area (TPSA) is 77.0 Å². The molecule has 0 radical (unpaired) electrons. The second-order valence-corrected chi connectivity index (χ2v) is 8.25. The zero-order valence-electron chi connectivity index (χ0n) is 17.5. The van der Waals surface area contributed by atoms with Crippen molar-refractivity contribution < 1.29 is 9.53 Å². The molecule has 6 nitrogen and oxygen atoms in total. The summed E-state index contributed by atoms with van der Waals surface area (Å²) < 4.78 is 5.44. The number of aryl methyl sites for hydroxylation is 1. The number of ether oxygens (including phenoxy) is 1. The van der Waals surface area contributed by atoms with E-state index in [0.29, 0.717) is 11.7 Å². The van der Waals surface area contributed by atoms with Gasteiger partial charge in [-0.2, -0.15) is 0 Å². The number of aromatic nitrogens is 3. The molecule has 0 spiro atoms. The fourth-order valence-corrected chi connectivity index (χ4v) is 3.89. The number of amides is 1. The van der Waals surface area contributed by atoms with Crippen molar-refractivity contribution in [3.8, 4) is 11.8 Å². The van der Waals surface area contributed by atoms with Crippen LogP contribution in [0.2, 0.25) is 0 Å². The van der Waals surface area contributed by atoms with Crippen molar-refractivity contribution in [3.63, 3.8) is 0 Å². The molecule has 0 bridgehead atoms. The Bertz CT molecular complexity index is 1180. The number of hydrogen-bond acceptors (Lipinski definition) is 5. The highest BCUT2D eigenvalue weighted by Gasteiger charge is 2.29. The average Bonchev–Trinajstić information content (AvgIpc) is 3.65. The van der Waals surface area contributed by atoms with Crippen LogP contribution >= 0.6 is 0 Å². The number of rotatable bonds is 3. The summed E-state index contributed by atoms with van der Waals surface area (Å²) in [7, 11) is 0. The second kappa shape index (κ2) is 8.44. The lowest BCUT2D eigenvalue weighted by Gasteiger charge is -2.21. The van der Waals surface area contributed by atoms with Gasteiger partial charge in [-0.25, -0.2) is 9.97 Å². The molecule has 2 aliphatic rings. The molecule has 1 aliphatic carbocycles. The first kappa shape index (κ1) is 19.7. The van der Waals surface area contributed by atoms with Gasteiger partial charge in [0.2, 0.25) is 5.91 Å². The van der Waals surface area contributed by atoms with Gasteiger partial charge in [-0.3, -0.25) is 9.78 Å². The summed E-state index contributed by atoms with van der Waals surface area (Å²) in [6.45, 7) is 3.58. The predicted octanol–water partition coefficient (Wildman–Crippen LogP) is 3.98. The molecule has 3 aromatic rings. The summed E-state index contributed by atoms with van der Waals surface area (Å²) in [5.74, 6) is 7.61. The Morgan fingerprint density at radius 1 is 1.00 bits per heavy atom. The van der Waals surface area contributed by atoms with E-state index in [1.807, 2.05) is 25.3 Å². The number of pyridine rings is 3. The highest BCUT2D eigenvalue weighted by Crippen LogP contribution is 2.30. The molecular formula is C25H24N4O2. The molecule has 1 N–H and O–H groups in total. The van der Waals surface area contributed by atoms with Crippen molar-refractivity contribution in [2.45, 2.75) is 38.5 Å². The number of nitrogens with zero attached hydrogens (tertiary/aromatic N) is 3. The molecule has 4 heterocycles. The van der Waals surface area contributed by atoms with E-state index in [4.69, 9.17) is 4.74 Å². The maximum atomic E-state index is 12.1. The van der Waals surface area contributed by atoms with Crippen molar-refractivity contribution in [3.05, 3.63) is 59.3 Å². The van der Waals surface area contributed by atoms with Gasteiger partial charge in [0.1, 0.15) is 11.5 Å². The lowest BCUT2D eigenvalue weighted by molar-refractivity contribution is -0.117. The zero-order chi connectivity index (χ0) is 21.2. The second-order valence-electron chi connectivity index (χ2n) is 8.25. The highest BCUT2D eigenvalue weighted by molar-refractivity contribution is 5.96. The minimum Gasteiger partial charge on any atom is -0.381 e. The minimum atomic E-state index is 0.0408. The summed E-state index contributed by atoms with van der Waals surface area (Å²) in [5, 5.41) is 4.77. The van der Waals surface area contributed by atoms with Crippen molar-refractivity contribution in [1.82, 2.24) is 15.0 Å². The van der Waals surface area contributed by atoms with Crippen LogP contribution in [-0.2, 0) is 9.53 Å². The van der Waals surface area contributed by atoms with E-state index in [9.17, 15) is 4.79 Å². The van der Waals surface area contributed by atoms with Crippen molar-refractivity contribution in [1.29, 1.82) is 0 Å². The number of anilines is 1. The molecule has 1 amide bonds. The Morgan fingerprint density at radius 2 is 1.84 bits per heavy atom. The molecule has 1 aliphatic heterocycles. The lowest BCUT2D eigenvalue weighted by atomic mass is 9.93. The van der Waals surface area contributed by atoms with E-state index < -0.39 is 0 Å². The Hall–Kier alpha value is -3.30. The van der Waals surface area contributed by atoms with Crippen LogP contribution in [0.5, 0.6) is 0 Å². The summed E-state index contributed by atoms with van der Waals surface area (Å²) in [5.41, 5.74) is 3.64. The first-order chi connectivity index (χ1) is 15.2. The summed E-state index contributed by atoms with van der Waals surface area (Å²) in [6.07, 6.45) is 9.46. The molecular weight excluding hydrogens is 388 g/mol. The van der Waals surface area contributed by atoms with Crippen LogP contribution in [0.4, 0.5) is 5.82 Å². The smallest absolute Gasteiger partial charge is 0.228 e. The van der Waals surface area contributed by atoms with E-state index >= 15 is 0 Å². The third kappa shape index (κ3) is 4.42. The van der Waals surface area contributed by atoms with Gasteiger partial charge in [-0.1, -0.05) is 12.0 Å². The van der Waals surface area contributed by atoms with E-state index in [0.717, 1.165) is 66.6 Å². The van der Waals surface area contributed by atoms with E-state index in [1.54, 1.807) is 12.4 Å². The van der Waals surface area contributed by atoms with Crippen molar-refractivity contribution >= 4 is 22.5 Å². The fraction of sp³-hybridized carbons (Fsp3) is 0.360. The minimum absolute atomic E-state index is 0.0408. The van der Waals surface area contributed by atoms with Crippen LogP contribution in [0.1, 0.15) is 54.1 Å². The third-order valence-electron chi connectivity index (χ3n) is 5.97. The monoisotopic (exact) mass is 412 g/mol. The van der Waals surface area contributed by atoms with Gasteiger partial charge in [0.25, 0.3) is 0 Å². The quantitative estimate of drug-likeness (QED) is 0.659. The largest absolute Gasteiger partial charge is 0.381 e. The van der Waals surface area contributed by atoms with Gasteiger partial charge in [-0.15, -0.1) is 0 Å². The molecule has 1 saturated carbocycles. The van der Waals surface area contributed by atoms with Crippen LogP contribution in [0.3, 0.4) is 0 Å². The van der Waals surface area contributed by atoms with Gasteiger partial charge in [0.05, 0.1) is 5.56 Å². The highest BCUT2D eigenvalue weighted by atomic mass is 16.5. The maximum Gasteiger partial charge on any atom is 0.228 e. The average molecular weight is 412 g/mol. The number of carbonyl (C=O) groups is 1. The molecule has 0 atom stereocenters. The van der Waals surface area contributed by atoms with Gasteiger partial charge in [0.15, 0.2) is 0 Å².